The lowest BCUT2D eigenvalue weighted by atomic mass is 9.97. The molecule has 0 aromatic carbocycles. The first kappa shape index (κ1) is 12.9. The molecular formula is C9H19NO4S. The molecule has 0 aliphatic carbocycles. The fourth-order valence-corrected chi connectivity index (χ4v) is 2.73. The van der Waals surface area contributed by atoms with Crippen LogP contribution in [0.5, 0.6) is 0 Å². The van der Waals surface area contributed by atoms with E-state index in [2.05, 4.69) is 4.72 Å². The molecule has 2 atom stereocenters. The second-order valence-corrected chi connectivity index (χ2v) is 5.93. The van der Waals surface area contributed by atoms with Crippen LogP contribution in [0.3, 0.4) is 0 Å². The number of sulfonamides is 1. The third-order valence-electron chi connectivity index (χ3n) is 2.73. The number of nitrogens with one attached hydrogen (secondary N) is 1. The molecule has 5 nitrogen and oxygen atoms in total. The largest absolute Gasteiger partial charge is 0.386 e. The average Bonchev–Trinajstić information content (AvgIpc) is 2.45. The van der Waals surface area contributed by atoms with Crippen molar-refractivity contribution in [3.63, 3.8) is 0 Å². The molecule has 0 aromatic rings. The van der Waals surface area contributed by atoms with Crippen molar-refractivity contribution in [2.24, 2.45) is 0 Å². The maximum absolute atomic E-state index is 11.4. The van der Waals surface area contributed by atoms with Gasteiger partial charge >= 0.3 is 0 Å². The molecule has 1 aliphatic heterocycles. The minimum absolute atomic E-state index is 0.0382. The molecule has 1 aliphatic rings. The molecule has 0 saturated carbocycles. The minimum Gasteiger partial charge on any atom is -0.386 e. The van der Waals surface area contributed by atoms with E-state index in [9.17, 15) is 13.5 Å². The first-order valence-electron chi connectivity index (χ1n) is 5.21. The SMILES string of the molecule is CCCS(=O)(=O)NCC1(O)CCOC1C. The van der Waals surface area contributed by atoms with Crippen LogP contribution in [0.1, 0.15) is 26.7 Å². The highest BCUT2D eigenvalue weighted by atomic mass is 32.2. The molecule has 15 heavy (non-hydrogen) atoms. The van der Waals surface area contributed by atoms with E-state index in [0.29, 0.717) is 19.4 Å². The number of rotatable bonds is 5. The summed E-state index contributed by atoms with van der Waals surface area (Å²) in [5.41, 5.74) is -1.05. The van der Waals surface area contributed by atoms with Crippen LogP contribution in [0.2, 0.25) is 0 Å². The Kier molecular flexibility index (Phi) is 4.11. The lowest BCUT2D eigenvalue weighted by molar-refractivity contribution is -0.0228. The highest BCUT2D eigenvalue weighted by Gasteiger charge is 2.40. The molecule has 6 heteroatoms. The van der Waals surface area contributed by atoms with E-state index in [-0.39, 0.29) is 18.4 Å². The Morgan fingerprint density at radius 1 is 1.60 bits per heavy atom. The van der Waals surface area contributed by atoms with Crippen molar-refractivity contribution in [2.75, 3.05) is 18.9 Å². The first-order valence-corrected chi connectivity index (χ1v) is 6.86. The maximum Gasteiger partial charge on any atom is 0.211 e. The molecule has 1 rings (SSSR count). The van der Waals surface area contributed by atoms with E-state index in [1.165, 1.54) is 0 Å². The molecule has 0 radical (unpaired) electrons. The van der Waals surface area contributed by atoms with Gasteiger partial charge in [-0.2, -0.15) is 0 Å². The average molecular weight is 237 g/mol. The van der Waals surface area contributed by atoms with E-state index >= 15 is 0 Å². The zero-order valence-electron chi connectivity index (χ0n) is 9.19. The van der Waals surface area contributed by atoms with Gasteiger partial charge in [-0.1, -0.05) is 6.92 Å². The lowest BCUT2D eigenvalue weighted by Gasteiger charge is -2.25. The monoisotopic (exact) mass is 237 g/mol. The number of hydrogen-bond donors (Lipinski definition) is 2. The standard InChI is InChI=1S/C9H19NO4S/c1-3-6-15(12,13)10-7-9(11)4-5-14-8(9)2/h8,10-11H,3-7H2,1-2H3. The summed E-state index contributed by atoms with van der Waals surface area (Å²) in [4.78, 5) is 0. The summed E-state index contributed by atoms with van der Waals surface area (Å²) in [6, 6.07) is 0. The quantitative estimate of drug-likeness (QED) is 0.697. The fraction of sp³-hybridized carbons (Fsp3) is 1.00. The molecule has 0 bridgehead atoms. The second-order valence-electron chi connectivity index (χ2n) is 4.01. The molecule has 0 aromatic heterocycles. The van der Waals surface area contributed by atoms with Gasteiger partial charge in [-0.15, -0.1) is 0 Å². The van der Waals surface area contributed by atoms with Gasteiger partial charge in [0.15, 0.2) is 0 Å². The molecule has 2 N–H and O–H groups in total. The van der Waals surface area contributed by atoms with E-state index in [0.717, 1.165) is 0 Å². The van der Waals surface area contributed by atoms with Gasteiger partial charge in [-0.3, -0.25) is 0 Å². The van der Waals surface area contributed by atoms with Crippen molar-refractivity contribution < 1.29 is 18.3 Å². The van der Waals surface area contributed by atoms with E-state index < -0.39 is 15.6 Å². The molecule has 0 amide bonds. The Labute approximate surface area is 90.9 Å². The van der Waals surface area contributed by atoms with E-state index in [1.54, 1.807) is 13.8 Å². The summed E-state index contributed by atoms with van der Waals surface area (Å²) < 4.78 is 30.4. The Hall–Kier alpha value is -0.170. The lowest BCUT2D eigenvalue weighted by Crippen LogP contribution is -2.47. The number of ether oxygens (including phenoxy) is 1. The highest BCUT2D eigenvalue weighted by Crippen LogP contribution is 2.24. The van der Waals surface area contributed by atoms with Crippen LogP contribution in [0.25, 0.3) is 0 Å². The summed E-state index contributed by atoms with van der Waals surface area (Å²) in [7, 11) is -3.25. The Morgan fingerprint density at radius 3 is 2.73 bits per heavy atom. The molecule has 1 fully saturated rings. The molecule has 90 valence electrons. The van der Waals surface area contributed by atoms with Crippen molar-refractivity contribution in [3.05, 3.63) is 0 Å². The minimum atomic E-state index is -3.25. The second kappa shape index (κ2) is 4.78. The van der Waals surface area contributed by atoms with E-state index in [1.807, 2.05) is 0 Å². The topological polar surface area (TPSA) is 75.6 Å². The summed E-state index contributed by atoms with van der Waals surface area (Å²) >= 11 is 0. The molecule has 2 unspecified atom stereocenters. The summed E-state index contributed by atoms with van der Waals surface area (Å²) in [6.45, 7) is 4.07. The maximum atomic E-state index is 11.4. The third-order valence-corrected chi connectivity index (χ3v) is 4.26. The predicted molar refractivity (Wildman–Crippen MR) is 57.1 cm³/mol. The van der Waals surface area contributed by atoms with Crippen molar-refractivity contribution >= 4 is 10.0 Å². The highest BCUT2D eigenvalue weighted by molar-refractivity contribution is 7.89. The Balaban J connectivity index is 2.49. The van der Waals surface area contributed by atoms with Crippen LogP contribution >= 0.6 is 0 Å². The first-order chi connectivity index (χ1) is 6.90. The summed E-state index contributed by atoms with van der Waals surface area (Å²) in [5.74, 6) is 0.0956. The van der Waals surface area contributed by atoms with Crippen LogP contribution in [0.4, 0.5) is 0 Å². The number of aliphatic hydroxyl groups is 1. The van der Waals surface area contributed by atoms with Crippen LogP contribution in [-0.2, 0) is 14.8 Å². The van der Waals surface area contributed by atoms with Gasteiger partial charge in [0.25, 0.3) is 0 Å². The molecule has 1 saturated heterocycles. The van der Waals surface area contributed by atoms with Crippen LogP contribution in [0, 0.1) is 0 Å². The molecular weight excluding hydrogens is 218 g/mol. The van der Waals surface area contributed by atoms with Crippen molar-refractivity contribution in [3.8, 4) is 0 Å². The van der Waals surface area contributed by atoms with Gasteiger partial charge in [0.05, 0.1) is 11.9 Å². The van der Waals surface area contributed by atoms with Gasteiger partial charge < -0.3 is 9.84 Å². The van der Waals surface area contributed by atoms with Crippen LogP contribution in [-0.4, -0.2) is 44.1 Å². The van der Waals surface area contributed by atoms with Gasteiger partial charge in [0.1, 0.15) is 5.60 Å². The summed E-state index contributed by atoms with van der Waals surface area (Å²) in [5, 5.41) is 10.0. The van der Waals surface area contributed by atoms with Gasteiger partial charge in [-0.05, 0) is 13.3 Å². The van der Waals surface area contributed by atoms with Gasteiger partial charge in [-0.25, -0.2) is 13.1 Å². The molecule has 1 heterocycles. The zero-order valence-corrected chi connectivity index (χ0v) is 10.0. The molecule has 0 spiro atoms. The van der Waals surface area contributed by atoms with Crippen molar-refractivity contribution in [1.29, 1.82) is 0 Å². The summed E-state index contributed by atoms with van der Waals surface area (Å²) in [6.07, 6.45) is 0.727. The van der Waals surface area contributed by atoms with Crippen LogP contribution in [0.15, 0.2) is 0 Å². The normalized spacial score (nSPS) is 32.1. The van der Waals surface area contributed by atoms with Crippen molar-refractivity contribution in [1.82, 2.24) is 4.72 Å². The zero-order chi connectivity index (χ0) is 11.5. The van der Waals surface area contributed by atoms with Gasteiger partial charge in [0.2, 0.25) is 10.0 Å². The Bertz CT molecular complexity index is 303. The van der Waals surface area contributed by atoms with Crippen molar-refractivity contribution in [2.45, 2.75) is 38.4 Å². The third kappa shape index (κ3) is 3.41. The van der Waals surface area contributed by atoms with Gasteiger partial charge in [0, 0.05) is 19.6 Å². The van der Waals surface area contributed by atoms with E-state index in [4.69, 9.17) is 4.74 Å². The smallest absolute Gasteiger partial charge is 0.211 e. The fourth-order valence-electron chi connectivity index (χ4n) is 1.58. The van der Waals surface area contributed by atoms with Crippen LogP contribution < -0.4 is 4.72 Å². The predicted octanol–water partition coefficient (Wildman–Crippen LogP) is -0.144. The number of hydrogen-bond acceptors (Lipinski definition) is 4. The Morgan fingerprint density at radius 2 is 2.27 bits per heavy atom.